The maximum absolute atomic E-state index is 13.3. The van der Waals surface area contributed by atoms with Crippen molar-refractivity contribution in [2.75, 3.05) is 6.54 Å². The van der Waals surface area contributed by atoms with Gasteiger partial charge in [0.2, 0.25) is 0 Å². The third-order valence-electron chi connectivity index (χ3n) is 1.96. The van der Waals surface area contributed by atoms with Crippen molar-refractivity contribution in [1.82, 2.24) is 0 Å². The first-order valence-corrected chi connectivity index (χ1v) is 4.70. The topological polar surface area (TPSA) is 65.8 Å². The summed E-state index contributed by atoms with van der Waals surface area (Å²) in [5.74, 6) is -0.440. The van der Waals surface area contributed by atoms with E-state index in [1.165, 1.54) is 18.2 Å². The van der Waals surface area contributed by atoms with E-state index in [-0.39, 0.29) is 5.56 Å². The smallest absolute Gasteiger partial charge is 0.150 e. The summed E-state index contributed by atoms with van der Waals surface area (Å²) in [6.07, 6.45) is 4.30. The van der Waals surface area contributed by atoms with Crippen LogP contribution < -0.4 is 0 Å². The van der Waals surface area contributed by atoms with Gasteiger partial charge in [-0.3, -0.25) is 4.79 Å². The molecule has 4 nitrogen and oxygen atoms in total. The van der Waals surface area contributed by atoms with E-state index in [0.717, 1.165) is 0 Å². The lowest BCUT2D eigenvalue weighted by molar-refractivity contribution is 0.112. The monoisotopic (exact) mass is 219 g/mol. The molecule has 16 heavy (non-hydrogen) atoms. The second-order valence-corrected chi connectivity index (χ2v) is 3.01. The highest BCUT2D eigenvalue weighted by Crippen LogP contribution is 2.13. The average molecular weight is 219 g/mol. The van der Waals surface area contributed by atoms with E-state index in [0.29, 0.717) is 24.8 Å². The lowest BCUT2D eigenvalue weighted by atomic mass is 10.1. The Bertz CT molecular complexity index is 451. The van der Waals surface area contributed by atoms with Crippen LogP contribution in [0.15, 0.2) is 29.4 Å². The summed E-state index contributed by atoms with van der Waals surface area (Å²) >= 11 is 0. The fourth-order valence-corrected chi connectivity index (χ4v) is 1.21. The van der Waals surface area contributed by atoms with Crippen molar-refractivity contribution < 1.29 is 9.18 Å². The predicted octanol–water partition coefficient (Wildman–Crippen LogP) is 3.35. The number of nitrogens with zero attached hydrogens (tertiary/aromatic N) is 3. The Morgan fingerprint density at radius 3 is 3.00 bits per heavy atom. The summed E-state index contributed by atoms with van der Waals surface area (Å²) in [4.78, 5) is 13.2. The zero-order valence-electron chi connectivity index (χ0n) is 8.51. The molecule has 0 N–H and O–H groups in total. The molecule has 0 radical (unpaired) electrons. The van der Waals surface area contributed by atoms with Gasteiger partial charge in [0, 0.05) is 22.6 Å². The number of carbonyl (C=O) groups excluding carboxylic acids is 1. The Morgan fingerprint density at radius 1 is 1.50 bits per heavy atom. The van der Waals surface area contributed by atoms with Crippen LogP contribution in [0, 0.1) is 5.82 Å². The van der Waals surface area contributed by atoms with Crippen LogP contribution in [-0.4, -0.2) is 12.8 Å². The lowest BCUT2D eigenvalue weighted by Crippen LogP contribution is -1.90. The highest BCUT2D eigenvalue weighted by molar-refractivity contribution is 5.81. The van der Waals surface area contributed by atoms with Crippen molar-refractivity contribution in [3.05, 3.63) is 51.7 Å². The SMILES string of the molecule is [N-]=[N+]=NCCC=Cc1c(F)cccc1C=O. The third-order valence-corrected chi connectivity index (χ3v) is 1.96. The fourth-order valence-electron chi connectivity index (χ4n) is 1.21. The molecule has 1 rings (SSSR count). The normalized spacial score (nSPS) is 10.1. The Balaban J connectivity index is 2.79. The zero-order valence-corrected chi connectivity index (χ0v) is 8.51. The number of rotatable bonds is 5. The molecule has 1 aromatic rings. The summed E-state index contributed by atoms with van der Waals surface area (Å²) in [6, 6.07) is 4.32. The predicted molar refractivity (Wildman–Crippen MR) is 59.5 cm³/mol. The molecule has 0 aliphatic heterocycles. The molecule has 0 bridgehead atoms. The van der Waals surface area contributed by atoms with Gasteiger partial charge in [-0.05, 0) is 18.0 Å². The minimum atomic E-state index is -0.440. The van der Waals surface area contributed by atoms with Gasteiger partial charge >= 0.3 is 0 Å². The Morgan fingerprint density at radius 2 is 2.31 bits per heavy atom. The second kappa shape index (κ2) is 6.37. The third kappa shape index (κ3) is 3.22. The van der Waals surface area contributed by atoms with Crippen molar-refractivity contribution in [1.29, 1.82) is 0 Å². The first-order valence-electron chi connectivity index (χ1n) is 4.70. The van der Waals surface area contributed by atoms with E-state index in [9.17, 15) is 9.18 Å². The standard InChI is InChI=1S/C11H10FN3O/c12-11-6-3-4-9(8-16)10(11)5-1-2-7-14-15-13/h1,3-6,8H,2,7H2. The summed E-state index contributed by atoms with van der Waals surface area (Å²) < 4.78 is 13.3. The zero-order chi connectivity index (χ0) is 11.8. The molecule has 0 unspecified atom stereocenters. The van der Waals surface area contributed by atoms with Gasteiger partial charge < -0.3 is 0 Å². The molecule has 1 aromatic carbocycles. The summed E-state index contributed by atoms with van der Waals surface area (Å²) in [5.41, 5.74) is 8.60. The van der Waals surface area contributed by atoms with Crippen molar-refractivity contribution in [2.45, 2.75) is 6.42 Å². The molecule has 0 amide bonds. The number of azide groups is 1. The molecule has 0 aliphatic rings. The fraction of sp³-hybridized carbons (Fsp3) is 0.182. The van der Waals surface area contributed by atoms with Crippen molar-refractivity contribution >= 4 is 12.4 Å². The summed E-state index contributed by atoms with van der Waals surface area (Å²) in [5, 5.41) is 3.33. The van der Waals surface area contributed by atoms with Crippen LogP contribution in [0.5, 0.6) is 0 Å². The molecule has 0 saturated heterocycles. The first-order chi connectivity index (χ1) is 7.79. The van der Waals surface area contributed by atoms with Gasteiger partial charge in [0.25, 0.3) is 0 Å². The molecule has 0 heterocycles. The molecule has 0 atom stereocenters. The van der Waals surface area contributed by atoms with Crippen LogP contribution in [0.25, 0.3) is 16.5 Å². The number of benzene rings is 1. The number of halogens is 1. The molecule has 0 aliphatic carbocycles. The van der Waals surface area contributed by atoms with Crippen molar-refractivity contribution in [3.63, 3.8) is 0 Å². The maximum atomic E-state index is 13.3. The largest absolute Gasteiger partial charge is 0.298 e. The molecule has 0 saturated carbocycles. The van der Waals surface area contributed by atoms with Crippen LogP contribution in [0.3, 0.4) is 0 Å². The minimum Gasteiger partial charge on any atom is -0.298 e. The van der Waals surface area contributed by atoms with Gasteiger partial charge in [0.05, 0.1) is 0 Å². The Labute approximate surface area is 92.0 Å². The summed E-state index contributed by atoms with van der Waals surface area (Å²) in [7, 11) is 0. The van der Waals surface area contributed by atoms with E-state index in [4.69, 9.17) is 5.53 Å². The first kappa shape index (κ1) is 11.9. The number of aldehydes is 1. The molecular formula is C11H10FN3O. The van der Waals surface area contributed by atoms with E-state index < -0.39 is 5.82 Å². The van der Waals surface area contributed by atoms with Gasteiger partial charge in [-0.25, -0.2) is 4.39 Å². The number of carbonyl (C=O) groups is 1. The average Bonchev–Trinajstić information content (AvgIpc) is 2.30. The molecular weight excluding hydrogens is 209 g/mol. The van der Waals surface area contributed by atoms with E-state index in [1.807, 2.05) is 0 Å². The van der Waals surface area contributed by atoms with Crippen LogP contribution in [0.2, 0.25) is 0 Å². The molecule has 0 aromatic heterocycles. The molecule has 0 fully saturated rings. The van der Waals surface area contributed by atoms with E-state index in [2.05, 4.69) is 10.0 Å². The number of hydrogen-bond donors (Lipinski definition) is 0. The quantitative estimate of drug-likeness (QED) is 0.246. The van der Waals surface area contributed by atoms with Gasteiger partial charge in [0.1, 0.15) is 5.82 Å². The molecule has 82 valence electrons. The number of hydrogen-bond acceptors (Lipinski definition) is 2. The minimum absolute atomic E-state index is 0.262. The highest BCUT2D eigenvalue weighted by Gasteiger charge is 2.03. The van der Waals surface area contributed by atoms with Crippen molar-refractivity contribution in [3.8, 4) is 0 Å². The molecule has 0 spiro atoms. The van der Waals surface area contributed by atoms with E-state index >= 15 is 0 Å². The van der Waals surface area contributed by atoms with E-state index in [1.54, 1.807) is 12.1 Å². The second-order valence-electron chi connectivity index (χ2n) is 3.01. The van der Waals surface area contributed by atoms with Crippen LogP contribution in [0.4, 0.5) is 4.39 Å². The lowest BCUT2D eigenvalue weighted by Gasteiger charge is -1.99. The Hall–Kier alpha value is -2.13. The Kier molecular flexibility index (Phi) is 4.76. The summed E-state index contributed by atoms with van der Waals surface area (Å²) in [6.45, 7) is 0.317. The molecule has 5 heteroatoms. The van der Waals surface area contributed by atoms with Gasteiger partial charge in [-0.2, -0.15) is 0 Å². The van der Waals surface area contributed by atoms with Gasteiger partial charge in [-0.1, -0.05) is 29.4 Å². The van der Waals surface area contributed by atoms with Crippen LogP contribution in [0.1, 0.15) is 22.3 Å². The maximum Gasteiger partial charge on any atom is 0.150 e. The highest BCUT2D eigenvalue weighted by atomic mass is 19.1. The van der Waals surface area contributed by atoms with Crippen LogP contribution >= 0.6 is 0 Å². The van der Waals surface area contributed by atoms with Gasteiger partial charge in [-0.15, -0.1) is 0 Å². The van der Waals surface area contributed by atoms with Crippen molar-refractivity contribution in [2.24, 2.45) is 5.11 Å². The van der Waals surface area contributed by atoms with Gasteiger partial charge in [0.15, 0.2) is 6.29 Å². The van der Waals surface area contributed by atoms with Crippen LogP contribution in [-0.2, 0) is 0 Å².